The van der Waals surface area contributed by atoms with Gasteiger partial charge in [0, 0.05) is 11.8 Å². The molecule has 0 aliphatic rings. The van der Waals surface area contributed by atoms with Crippen LogP contribution in [0.3, 0.4) is 0 Å². The molecule has 8 nitrogen and oxygen atoms in total. The minimum atomic E-state index is -0.647. The van der Waals surface area contributed by atoms with Crippen molar-refractivity contribution in [3.05, 3.63) is 59.8 Å². The van der Waals surface area contributed by atoms with Crippen LogP contribution in [-0.4, -0.2) is 50.5 Å². The Balaban J connectivity index is 2.09. The van der Waals surface area contributed by atoms with E-state index in [4.69, 9.17) is 23.7 Å². The molecule has 0 aliphatic carbocycles. The first-order valence-electron chi connectivity index (χ1n) is 10.6. The maximum atomic E-state index is 13.6. The second kappa shape index (κ2) is 9.91. The van der Waals surface area contributed by atoms with Crippen LogP contribution in [0.5, 0.6) is 23.0 Å². The number of carbonyl (C=O) groups excluding carboxylic acids is 2. The standard InChI is InChI=1S/C26H29NO7/c1-26(2,3)34-25(29)27-12-8-9-19(27)16-10-11-20(30-4)18(13-16)23(28)17-14-21(31-5)24(33-7)22(15-17)32-6/h8-15H,1-7H3. The third-order valence-corrected chi connectivity index (χ3v) is 5.01. The van der Waals surface area contributed by atoms with Crippen LogP contribution in [0.15, 0.2) is 48.7 Å². The van der Waals surface area contributed by atoms with Crippen LogP contribution in [0.4, 0.5) is 4.79 Å². The van der Waals surface area contributed by atoms with Crippen molar-refractivity contribution in [2.24, 2.45) is 0 Å². The van der Waals surface area contributed by atoms with Crippen LogP contribution >= 0.6 is 0 Å². The van der Waals surface area contributed by atoms with Crippen LogP contribution in [-0.2, 0) is 4.74 Å². The molecular weight excluding hydrogens is 438 g/mol. The fourth-order valence-corrected chi connectivity index (χ4v) is 3.50. The molecule has 0 atom stereocenters. The Hall–Kier alpha value is -3.94. The molecule has 0 amide bonds. The third-order valence-electron chi connectivity index (χ3n) is 5.01. The van der Waals surface area contributed by atoms with Gasteiger partial charge >= 0.3 is 6.09 Å². The number of benzene rings is 2. The summed E-state index contributed by atoms with van der Waals surface area (Å²) in [6, 6.07) is 11.8. The molecule has 34 heavy (non-hydrogen) atoms. The highest BCUT2D eigenvalue weighted by atomic mass is 16.6. The SMILES string of the molecule is COc1ccc(-c2cccn2C(=O)OC(C)(C)C)cc1C(=O)c1cc(OC)c(OC)c(OC)c1. The van der Waals surface area contributed by atoms with Crippen LogP contribution in [0, 0.1) is 0 Å². The van der Waals surface area contributed by atoms with E-state index in [2.05, 4.69) is 0 Å². The number of hydrogen-bond acceptors (Lipinski definition) is 7. The van der Waals surface area contributed by atoms with E-state index in [1.54, 1.807) is 69.4 Å². The van der Waals surface area contributed by atoms with E-state index in [0.29, 0.717) is 45.4 Å². The summed E-state index contributed by atoms with van der Waals surface area (Å²) in [6.07, 6.45) is 1.11. The number of ketones is 1. The fourth-order valence-electron chi connectivity index (χ4n) is 3.50. The van der Waals surface area contributed by atoms with Crippen molar-refractivity contribution in [2.75, 3.05) is 28.4 Å². The number of rotatable bonds is 7. The summed E-state index contributed by atoms with van der Waals surface area (Å²) in [5.41, 5.74) is 1.22. The number of carbonyl (C=O) groups is 2. The molecular formula is C26H29NO7. The normalized spacial score (nSPS) is 11.0. The lowest BCUT2D eigenvalue weighted by atomic mass is 9.98. The lowest BCUT2D eigenvalue weighted by Crippen LogP contribution is -2.27. The summed E-state index contributed by atoms with van der Waals surface area (Å²) < 4.78 is 28.5. The van der Waals surface area contributed by atoms with Gasteiger partial charge in [-0.15, -0.1) is 0 Å². The van der Waals surface area contributed by atoms with E-state index < -0.39 is 11.7 Å². The van der Waals surface area contributed by atoms with Crippen molar-refractivity contribution in [3.63, 3.8) is 0 Å². The Morgan fingerprint density at radius 1 is 0.794 bits per heavy atom. The number of nitrogens with zero attached hydrogens (tertiary/aromatic N) is 1. The summed E-state index contributed by atoms with van der Waals surface area (Å²) in [7, 11) is 5.95. The molecule has 8 heteroatoms. The van der Waals surface area contributed by atoms with Gasteiger partial charge in [0.15, 0.2) is 17.3 Å². The van der Waals surface area contributed by atoms with E-state index in [9.17, 15) is 9.59 Å². The van der Waals surface area contributed by atoms with Crippen molar-refractivity contribution < 1.29 is 33.3 Å². The van der Waals surface area contributed by atoms with Gasteiger partial charge in [-0.3, -0.25) is 9.36 Å². The van der Waals surface area contributed by atoms with Crippen LogP contribution in [0.1, 0.15) is 36.7 Å². The first-order chi connectivity index (χ1) is 16.1. The third kappa shape index (κ3) is 5.01. The predicted octanol–water partition coefficient (Wildman–Crippen LogP) is 5.20. The maximum absolute atomic E-state index is 13.6. The van der Waals surface area contributed by atoms with E-state index >= 15 is 0 Å². The second-order valence-corrected chi connectivity index (χ2v) is 8.40. The highest BCUT2D eigenvalue weighted by molar-refractivity contribution is 6.12. The monoisotopic (exact) mass is 467 g/mol. The molecule has 3 rings (SSSR count). The van der Waals surface area contributed by atoms with Gasteiger partial charge in [-0.1, -0.05) is 0 Å². The summed E-state index contributed by atoms with van der Waals surface area (Å²) in [4.78, 5) is 26.2. The van der Waals surface area contributed by atoms with Crippen molar-refractivity contribution in [2.45, 2.75) is 26.4 Å². The van der Waals surface area contributed by atoms with Gasteiger partial charge < -0.3 is 23.7 Å². The maximum Gasteiger partial charge on any atom is 0.418 e. The molecule has 1 heterocycles. The van der Waals surface area contributed by atoms with Crippen LogP contribution in [0.25, 0.3) is 11.3 Å². The molecule has 0 bridgehead atoms. The van der Waals surface area contributed by atoms with Crippen molar-refractivity contribution in [3.8, 4) is 34.3 Å². The molecule has 0 radical (unpaired) electrons. The highest BCUT2D eigenvalue weighted by Crippen LogP contribution is 2.39. The molecule has 0 saturated heterocycles. The number of ether oxygens (including phenoxy) is 5. The van der Waals surface area contributed by atoms with E-state index in [-0.39, 0.29) is 5.78 Å². The average molecular weight is 468 g/mol. The number of aromatic nitrogens is 1. The lowest BCUT2D eigenvalue weighted by molar-refractivity contribution is 0.0540. The summed E-state index contributed by atoms with van der Waals surface area (Å²) in [6.45, 7) is 5.40. The molecule has 0 aliphatic heterocycles. The Morgan fingerprint density at radius 2 is 1.41 bits per heavy atom. The van der Waals surface area contributed by atoms with Crippen molar-refractivity contribution in [1.82, 2.24) is 4.57 Å². The minimum absolute atomic E-state index is 0.311. The Bertz CT molecular complexity index is 1180. The van der Waals surface area contributed by atoms with Gasteiger partial charge in [0.05, 0.1) is 39.7 Å². The summed E-state index contributed by atoms with van der Waals surface area (Å²) >= 11 is 0. The van der Waals surface area contributed by atoms with Gasteiger partial charge in [0.2, 0.25) is 5.75 Å². The molecule has 0 N–H and O–H groups in total. The molecule has 0 unspecified atom stereocenters. The average Bonchev–Trinajstić information content (AvgIpc) is 3.31. The molecule has 0 saturated carbocycles. The zero-order chi connectivity index (χ0) is 25.0. The second-order valence-electron chi connectivity index (χ2n) is 8.40. The smallest absolute Gasteiger partial charge is 0.418 e. The number of methoxy groups -OCH3 is 4. The number of hydrogen-bond donors (Lipinski definition) is 0. The predicted molar refractivity (Wildman–Crippen MR) is 128 cm³/mol. The molecule has 0 spiro atoms. The van der Waals surface area contributed by atoms with Gasteiger partial charge in [0.1, 0.15) is 11.4 Å². The van der Waals surface area contributed by atoms with Gasteiger partial charge in [0.25, 0.3) is 0 Å². The summed E-state index contributed by atoms with van der Waals surface area (Å²) in [5.74, 6) is 1.18. The zero-order valence-corrected chi connectivity index (χ0v) is 20.4. The largest absolute Gasteiger partial charge is 0.496 e. The summed E-state index contributed by atoms with van der Waals surface area (Å²) in [5, 5.41) is 0. The van der Waals surface area contributed by atoms with E-state index in [1.165, 1.54) is 33.0 Å². The Morgan fingerprint density at radius 3 is 1.94 bits per heavy atom. The molecule has 3 aromatic rings. The topological polar surface area (TPSA) is 85.2 Å². The first-order valence-corrected chi connectivity index (χ1v) is 10.6. The first kappa shape index (κ1) is 24.7. The molecule has 180 valence electrons. The van der Waals surface area contributed by atoms with Crippen molar-refractivity contribution in [1.29, 1.82) is 0 Å². The van der Waals surface area contributed by atoms with Crippen LogP contribution in [0.2, 0.25) is 0 Å². The van der Waals surface area contributed by atoms with Gasteiger partial charge in [-0.05, 0) is 68.8 Å². The zero-order valence-electron chi connectivity index (χ0n) is 20.4. The van der Waals surface area contributed by atoms with Crippen LogP contribution < -0.4 is 18.9 Å². The minimum Gasteiger partial charge on any atom is -0.496 e. The van der Waals surface area contributed by atoms with E-state index in [1.807, 2.05) is 0 Å². The molecule has 0 fully saturated rings. The fraction of sp³-hybridized carbons (Fsp3) is 0.308. The van der Waals surface area contributed by atoms with E-state index in [0.717, 1.165) is 0 Å². The quantitative estimate of drug-likeness (QED) is 0.441. The Kier molecular flexibility index (Phi) is 7.20. The van der Waals surface area contributed by atoms with Crippen molar-refractivity contribution >= 4 is 11.9 Å². The van der Waals surface area contributed by atoms with Gasteiger partial charge in [-0.25, -0.2) is 4.79 Å². The molecule has 1 aromatic heterocycles. The Labute approximate surface area is 199 Å². The van der Waals surface area contributed by atoms with Gasteiger partial charge in [-0.2, -0.15) is 0 Å². The lowest BCUT2D eigenvalue weighted by Gasteiger charge is -2.20. The molecule has 2 aromatic carbocycles. The highest BCUT2D eigenvalue weighted by Gasteiger charge is 2.23.